The maximum absolute atomic E-state index is 13.5. The van der Waals surface area contributed by atoms with Gasteiger partial charge in [0, 0.05) is 17.3 Å². The molecule has 72 valence electrons. The monoisotopic (exact) mass is 216 g/mol. The molecule has 0 amide bonds. The molecular formula is C6H10ClFO3S. The summed E-state index contributed by atoms with van der Waals surface area (Å²) in [5, 5.41) is 0. The molecule has 0 aliphatic carbocycles. The molecule has 0 aromatic carbocycles. The maximum atomic E-state index is 13.5. The molecular weight excluding hydrogens is 207 g/mol. The van der Waals surface area contributed by atoms with Gasteiger partial charge in [-0.25, -0.2) is 12.8 Å². The van der Waals surface area contributed by atoms with Gasteiger partial charge in [0.25, 0.3) is 0 Å². The van der Waals surface area contributed by atoms with Crippen molar-refractivity contribution in [1.29, 1.82) is 0 Å². The second kappa shape index (κ2) is 3.47. The predicted molar refractivity (Wildman–Crippen MR) is 43.5 cm³/mol. The molecule has 1 heterocycles. The molecule has 1 unspecified atom stereocenters. The van der Waals surface area contributed by atoms with E-state index in [0.717, 1.165) is 0 Å². The van der Waals surface area contributed by atoms with E-state index in [2.05, 4.69) is 0 Å². The Bertz CT molecular complexity index is 246. The van der Waals surface area contributed by atoms with Crippen molar-refractivity contribution in [2.24, 2.45) is 0 Å². The standard InChI is InChI=1S/C6H10ClFO3S/c7-12(9,10)5-6(8)2-1-3-11-4-6/h1-5H2. The van der Waals surface area contributed by atoms with Crippen molar-refractivity contribution in [2.45, 2.75) is 18.5 Å². The van der Waals surface area contributed by atoms with E-state index >= 15 is 0 Å². The van der Waals surface area contributed by atoms with Crippen LogP contribution < -0.4 is 0 Å². The van der Waals surface area contributed by atoms with Crippen LogP contribution in [0, 0.1) is 0 Å². The quantitative estimate of drug-likeness (QED) is 0.649. The third-order valence-corrected chi connectivity index (χ3v) is 2.89. The van der Waals surface area contributed by atoms with Crippen LogP contribution in [0.3, 0.4) is 0 Å². The molecule has 0 bridgehead atoms. The van der Waals surface area contributed by atoms with Crippen LogP contribution in [0.2, 0.25) is 0 Å². The number of hydrogen-bond donors (Lipinski definition) is 0. The van der Waals surface area contributed by atoms with E-state index in [1.54, 1.807) is 0 Å². The number of halogens is 2. The highest BCUT2D eigenvalue weighted by Gasteiger charge is 2.36. The molecule has 1 rings (SSSR count). The van der Waals surface area contributed by atoms with Gasteiger partial charge in [-0.1, -0.05) is 0 Å². The highest BCUT2D eigenvalue weighted by atomic mass is 35.7. The Morgan fingerprint density at radius 3 is 2.67 bits per heavy atom. The second-order valence-corrected chi connectivity index (χ2v) is 5.77. The summed E-state index contributed by atoms with van der Waals surface area (Å²) < 4.78 is 39.5. The summed E-state index contributed by atoms with van der Waals surface area (Å²) in [7, 11) is 1.17. The third kappa shape index (κ3) is 3.25. The summed E-state index contributed by atoms with van der Waals surface area (Å²) in [5.74, 6) is -0.651. The SMILES string of the molecule is O=S(=O)(Cl)CC1(F)CCCOC1. The van der Waals surface area contributed by atoms with Crippen molar-refractivity contribution >= 4 is 19.7 Å². The topological polar surface area (TPSA) is 43.4 Å². The molecule has 1 aliphatic rings. The van der Waals surface area contributed by atoms with E-state index in [9.17, 15) is 12.8 Å². The Balaban J connectivity index is 2.59. The average molecular weight is 217 g/mol. The lowest BCUT2D eigenvalue weighted by molar-refractivity contribution is -0.0180. The Hall–Kier alpha value is 0.130. The van der Waals surface area contributed by atoms with Gasteiger partial charge in [0.2, 0.25) is 9.05 Å². The fourth-order valence-electron chi connectivity index (χ4n) is 1.24. The number of alkyl halides is 1. The average Bonchev–Trinajstić information content (AvgIpc) is 1.83. The Kier molecular flexibility index (Phi) is 2.96. The molecule has 0 aromatic rings. The van der Waals surface area contributed by atoms with Crippen LogP contribution >= 0.6 is 10.7 Å². The molecule has 1 saturated heterocycles. The molecule has 0 saturated carbocycles. The molecule has 12 heavy (non-hydrogen) atoms. The van der Waals surface area contributed by atoms with E-state index < -0.39 is 20.5 Å². The van der Waals surface area contributed by atoms with E-state index in [0.29, 0.717) is 13.0 Å². The molecule has 1 aliphatic heterocycles. The van der Waals surface area contributed by atoms with Gasteiger partial charge in [-0.3, -0.25) is 0 Å². The van der Waals surface area contributed by atoms with Crippen molar-refractivity contribution in [2.75, 3.05) is 19.0 Å². The first-order valence-corrected chi connectivity index (χ1v) is 6.08. The molecule has 1 atom stereocenters. The minimum absolute atomic E-state index is 0.168. The van der Waals surface area contributed by atoms with Gasteiger partial charge in [-0.05, 0) is 12.8 Å². The van der Waals surface area contributed by atoms with E-state index in [1.807, 2.05) is 0 Å². The van der Waals surface area contributed by atoms with Crippen LogP contribution in [0.5, 0.6) is 0 Å². The molecule has 0 radical (unpaired) electrons. The molecule has 3 nitrogen and oxygen atoms in total. The molecule has 0 aromatic heterocycles. The lowest BCUT2D eigenvalue weighted by atomic mass is 10.0. The summed E-state index contributed by atoms with van der Waals surface area (Å²) in [4.78, 5) is 0. The van der Waals surface area contributed by atoms with Gasteiger partial charge >= 0.3 is 0 Å². The number of ether oxygens (including phenoxy) is 1. The highest BCUT2D eigenvalue weighted by Crippen LogP contribution is 2.26. The van der Waals surface area contributed by atoms with E-state index in [4.69, 9.17) is 15.4 Å². The fraction of sp³-hybridized carbons (Fsp3) is 1.00. The number of rotatable bonds is 2. The summed E-state index contributed by atoms with van der Waals surface area (Å²) in [6.07, 6.45) is 0.752. The Morgan fingerprint density at radius 2 is 2.25 bits per heavy atom. The van der Waals surface area contributed by atoms with Gasteiger partial charge in [0.05, 0.1) is 6.61 Å². The van der Waals surface area contributed by atoms with Gasteiger partial charge in [-0.2, -0.15) is 0 Å². The van der Waals surface area contributed by atoms with Crippen molar-refractivity contribution in [3.8, 4) is 0 Å². The fourth-order valence-corrected chi connectivity index (χ4v) is 2.67. The third-order valence-electron chi connectivity index (χ3n) is 1.71. The summed E-state index contributed by atoms with van der Waals surface area (Å²) in [6.45, 7) is 0.326. The minimum atomic E-state index is -3.76. The van der Waals surface area contributed by atoms with Crippen LogP contribution in [0.15, 0.2) is 0 Å². The largest absolute Gasteiger partial charge is 0.378 e. The summed E-state index contributed by atoms with van der Waals surface area (Å²) in [6, 6.07) is 0. The van der Waals surface area contributed by atoms with Gasteiger partial charge in [-0.15, -0.1) is 0 Å². The smallest absolute Gasteiger partial charge is 0.235 e. The Morgan fingerprint density at radius 1 is 1.58 bits per heavy atom. The number of hydrogen-bond acceptors (Lipinski definition) is 3. The van der Waals surface area contributed by atoms with Crippen LogP contribution in [0.4, 0.5) is 4.39 Å². The van der Waals surface area contributed by atoms with Crippen molar-refractivity contribution in [1.82, 2.24) is 0 Å². The lowest BCUT2D eigenvalue weighted by Gasteiger charge is -2.27. The van der Waals surface area contributed by atoms with Crippen LogP contribution in [0.25, 0.3) is 0 Å². The van der Waals surface area contributed by atoms with Gasteiger partial charge in [0.1, 0.15) is 11.4 Å². The zero-order valence-corrected chi connectivity index (χ0v) is 8.00. The van der Waals surface area contributed by atoms with E-state index in [-0.39, 0.29) is 13.0 Å². The second-order valence-electron chi connectivity index (χ2n) is 2.99. The normalized spacial score (nSPS) is 31.8. The van der Waals surface area contributed by atoms with Crippen molar-refractivity contribution < 1.29 is 17.5 Å². The summed E-state index contributed by atoms with van der Waals surface area (Å²) >= 11 is 0. The maximum Gasteiger partial charge on any atom is 0.235 e. The molecule has 1 fully saturated rings. The first kappa shape index (κ1) is 10.2. The highest BCUT2D eigenvalue weighted by molar-refractivity contribution is 8.13. The van der Waals surface area contributed by atoms with E-state index in [1.165, 1.54) is 0 Å². The Labute approximate surface area is 75.3 Å². The van der Waals surface area contributed by atoms with Crippen molar-refractivity contribution in [3.63, 3.8) is 0 Å². The van der Waals surface area contributed by atoms with Crippen LogP contribution in [-0.2, 0) is 13.8 Å². The van der Waals surface area contributed by atoms with Crippen LogP contribution in [0.1, 0.15) is 12.8 Å². The zero-order chi connectivity index (χ0) is 9.24. The van der Waals surface area contributed by atoms with Crippen LogP contribution in [-0.4, -0.2) is 33.1 Å². The van der Waals surface area contributed by atoms with Crippen molar-refractivity contribution in [3.05, 3.63) is 0 Å². The first-order chi connectivity index (χ1) is 5.41. The zero-order valence-electron chi connectivity index (χ0n) is 6.42. The predicted octanol–water partition coefficient (Wildman–Crippen LogP) is 1.07. The summed E-state index contributed by atoms with van der Waals surface area (Å²) in [5.41, 5.74) is -1.78. The molecule has 0 spiro atoms. The molecule has 6 heteroatoms. The lowest BCUT2D eigenvalue weighted by Crippen LogP contribution is -2.39. The first-order valence-electron chi connectivity index (χ1n) is 3.60. The minimum Gasteiger partial charge on any atom is -0.378 e. The molecule has 0 N–H and O–H groups in total. The van der Waals surface area contributed by atoms with Gasteiger partial charge < -0.3 is 4.74 Å². The van der Waals surface area contributed by atoms with Gasteiger partial charge in [0.15, 0.2) is 0 Å².